The number of carboxylic acid groups (broad SMARTS) is 1. The Bertz CT molecular complexity index is 529. The number of rotatable bonds is 4. The van der Waals surface area contributed by atoms with Crippen molar-refractivity contribution in [2.24, 2.45) is 0 Å². The molecule has 0 radical (unpaired) electrons. The van der Waals surface area contributed by atoms with E-state index in [0.29, 0.717) is 6.54 Å². The van der Waals surface area contributed by atoms with Gasteiger partial charge in [0.05, 0.1) is 11.3 Å². The number of benzene rings is 1. The lowest BCUT2D eigenvalue weighted by Crippen LogP contribution is -2.33. The van der Waals surface area contributed by atoms with Crippen LogP contribution in [0.3, 0.4) is 0 Å². The monoisotopic (exact) mass is 266 g/mol. The summed E-state index contributed by atoms with van der Waals surface area (Å²) in [7, 11) is 1.53. The number of likely N-dealkylation sites (N-methyl/N-ethyl adjacent to an activating group) is 1. The Morgan fingerprint density at radius 3 is 2.63 bits per heavy atom. The zero-order valence-electron chi connectivity index (χ0n) is 10.7. The fraction of sp³-hybridized carbons (Fsp3) is 0.231. The molecule has 0 aliphatic rings. The number of hydrogen-bond acceptors (Lipinski definition) is 2. The Morgan fingerprint density at radius 1 is 1.47 bits per heavy atom. The summed E-state index contributed by atoms with van der Waals surface area (Å²) in [6, 6.07) is 2.56. The molecule has 0 heterocycles. The molecule has 0 aliphatic heterocycles. The van der Waals surface area contributed by atoms with Crippen molar-refractivity contribution in [2.75, 3.05) is 18.9 Å². The van der Waals surface area contributed by atoms with Crippen LogP contribution in [-0.2, 0) is 0 Å². The van der Waals surface area contributed by atoms with Crippen LogP contribution >= 0.6 is 0 Å². The van der Waals surface area contributed by atoms with Crippen LogP contribution < -0.4 is 5.32 Å². The molecule has 1 aromatic rings. The molecule has 6 heteroatoms. The molecule has 0 atom stereocenters. The van der Waals surface area contributed by atoms with Gasteiger partial charge in [0.1, 0.15) is 5.82 Å². The zero-order chi connectivity index (χ0) is 14.6. The summed E-state index contributed by atoms with van der Waals surface area (Å²) >= 11 is 0. The molecular weight excluding hydrogens is 251 g/mol. The van der Waals surface area contributed by atoms with E-state index in [9.17, 15) is 14.0 Å². The number of amides is 2. The Labute approximate surface area is 110 Å². The number of carboxylic acids is 1. The Kier molecular flexibility index (Phi) is 4.63. The Morgan fingerprint density at radius 2 is 2.11 bits per heavy atom. The molecule has 0 bridgehead atoms. The van der Waals surface area contributed by atoms with Gasteiger partial charge in [-0.2, -0.15) is 0 Å². The lowest BCUT2D eigenvalue weighted by atomic mass is 10.2. The number of aromatic carboxylic acids is 1. The smallest absolute Gasteiger partial charge is 0.337 e. The molecule has 19 heavy (non-hydrogen) atoms. The van der Waals surface area contributed by atoms with E-state index in [4.69, 9.17) is 5.11 Å². The molecule has 2 N–H and O–H groups in total. The third-order valence-electron chi connectivity index (χ3n) is 2.31. The first-order chi connectivity index (χ1) is 8.81. The molecule has 0 unspecified atom stereocenters. The van der Waals surface area contributed by atoms with Gasteiger partial charge in [-0.15, -0.1) is 0 Å². The summed E-state index contributed by atoms with van der Waals surface area (Å²) in [6.07, 6.45) is 0. The topological polar surface area (TPSA) is 69.6 Å². The van der Waals surface area contributed by atoms with E-state index in [1.165, 1.54) is 11.9 Å². The molecule has 0 saturated heterocycles. The average molecular weight is 266 g/mol. The number of carbonyl (C=O) groups is 2. The highest BCUT2D eigenvalue weighted by atomic mass is 19.1. The Balaban J connectivity index is 2.92. The molecule has 0 saturated carbocycles. The molecule has 0 spiro atoms. The van der Waals surface area contributed by atoms with Gasteiger partial charge in [0.2, 0.25) is 0 Å². The zero-order valence-corrected chi connectivity index (χ0v) is 10.7. The van der Waals surface area contributed by atoms with Crippen molar-refractivity contribution < 1.29 is 19.1 Å². The van der Waals surface area contributed by atoms with Crippen LogP contribution in [0.4, 0.5) is 14.9 Å². The van der Waals surface area contributed by atoms with Crippen molar-refractivity contribution in [3.8, 4) is 0 Å². The maximum absolute atomic E-state index is 13.1. The molecule has 102 valence electrons. The van der Waals surface area contributed by atoms with Crippen LogP contribution in [0.2, 0.25) is 0 Å². The SMILES string of the molecule is C=C(C)CN(C)C(=O)Nc1cc(F)ccc1C(=O)O. The van der Waals surface area contributed by atoms with Gasteiger partial charge in [0.25, 0.3) is 0 Å². The van der Waals surface area contributed by atoms with Gasteiger partial charge in [-0.1, -0.05) is 12.2 Å². The maximum atomic E-state index is 13.1. The van der Waals surface area contributed by atoms with Crippen molar-refractivity contribution in [3.63, 3.8) is 0 Å². The number of anilines is 1. The minimum atomic E-state index is -1.24. The second-order valence-corrected chi connectivity index (χ2v) is 4.24. The first-order valence-corrected chi connectivity index (χ1v) is 5.50. The van der Waals surface area contributed by atoms with Crippen molar-refractivity contribution in [1.82, 2.24) is 4.90 Å². The van der Waals surface area contributed by atoms with Crippen LogP contribution in [-0.4, -0.2) is 35.6 Å². The molecular formula is C13H15FN2O3. The fourth-order valence-corrected chi connectivity index (χ4v) is 1.49. The van der Waals surface area contributed by atoms with Gasteiger partial charge in [0.15, 0.2) is 0 Å². The Hall–Kier alpha value is -2.37. The van der Waals surface area contributed by atoms with Crippen LogP contribution in [0.1, 0.15) is 17.3 Å². The number of nitrogens with one attached hydrogen (secondary N) is 1. The van der Waals surface area contributed by atoms with Gasteiger partial charge >= 0.3 is 12.0 Å². The van der Waals surface area contributed by atoms with Crippen LogP contribution in [0.5, 0.6) is 0 Å². The average Bonchev–Trinajstić information content (AvgIpc) is 2.27. The van der Waals surface area contributed by atoms with Crippen molar-refractivity contribution in [2.45, 2.75) is 6.92 Å². The summed E-state index contributed by atoms with van der Waals surface area (Å²) in [6.45, 7) is 5.75. The molecule has 0 aliphatic carbocycles. The first-order valence-electron chi connectivity index (χ1n) is 5.50. The quantitative estimate of drug-likeness (QED) is 0.823. The van der Waals surface area contributed by atoms with Crippen LogP contribution in [0, 0.1) is 5.82 Å². The maximum Gasteiger partial charge on any atom is 0.337 e. The highest BCUT2D eigenvalue weighted by Gasteiger charge is 2.15. The highest BCUT2D eigenvalue weighted by molar-refractivity contribution is 5.99. The number of urea groups is 1. The molecule has 1 rings (SSSR count). The number of carbonyl (C=O) groups excluding carboxylic acids is 1. The van der Waals surface area contributed by atoms with E-state index in [1.807, 2.05) is 0 Å². The molecule has 5 nitrogen and oxygen atoms in total. The summed E-state index contributed by atoms with van der Waals surface area (Å²) < 4.78 is 13.1. The van der Waals surface area contributed by atoms with Crippen molar-refractivity contribution in [1.29, 1.82) is 0 Å². The summed E-state index contributed by atoms with van der Waals surface area (Å²) in [5.74, 6) is -1.86. The van der Waals surface area contributed by atoms with Gasteiger partial charge in [-0.3, -0.25) is 0 Å². The van der Waals surface area contributed by atoms with Gasteiger partial charge in [-0.25, -0.2) is 14.0 Å². The van der Waals surface area contributed by atoms with Crippen LogP contribution in [0.15, 0.2) is 30.4 Å². The number of hydrogen-bond donors (Lipinski definition) is 2. The second kappa shape index (κ2) is 5.99. The van der Waals surface area contributed by atoms with E-state index < -0.39 is 17.8 Å². The number of halogens is 1. The van der Waals surface area contributed by atoms with E-state index in [0.717, 1.165) is 23.8 Å². The molecule has 0 fully saturated rings. The predicted octanol–water partition coefficient (Wildman–Crippen LogP) is 2.56. The summed E-state index contributed by atoms with van der Waals surface area (Å²) in [5.41, 5.74) is 0.528. The summed E-state index contributed by atoms with van der Waals surface area (Å²) in [5, 5.41) is 11.3. The largest absolute Gasteiger partial charge is 0.478 e. The number of nitrogens with zero attached hydrogens (tertiary/aromatic N) is 1. The van der Waals surface area contributed by atoms with Crippen LogP contribution in [0.25, 0.3) is 0 Å². The minimum absolute atomic E-state index is 0.0777. The van der Waals surface area contributed by atoms with Crippen molar-refractivity contribution in [3.05, 3.63) is 41.7 Å². The van der Waals surface area contributed by atoms with Gasteiger partial charge in [-0.05, 0) is 25.1 Å². The molecule has 1 aromatic carbocycles. The van der Waals surface area contributed by atoms with E-state index in [-0.39, 0.29) is 11.3 Å². The van der Waals surface area contributed by atoms with Gasteiger partial charge < -0.3 is 15.3 Å². The standard InChI is InChI=1S/C13H15FN2O3/c1-8(2)7-16(3)13(19)15-11-6-9(14)4-5-10(11)12(17)18/h4-6H,1,7H2,2-3H3,(H,15,19)(H,17,18). The van der Waals surface area contributed by atoms with Crippen molar-refractivity contribution >= 4 is 17.7 Å². The molecule has 0 aromatic heterocycles. The third-order valence-corrected chi connectivity index (χ3v) is 2.31. The highest BCUT2D eigenvalue weighted by Crippen LogP contribution is 2.17. The third kappa shape index (κ3) is 4.09. The lowest BCUT2D eigenvalue weighted by Gasteiger charge is -2.18. The first kappa shape index (κ1) is 14.7. The normalized spacial score (nSPS) is 9.84. The second-order valence-electron chi connectivity index (χ2n) is 4.24. The van der Waals surface area contributed by atoms with Gasteiger partial charge in [0, 0.05) is 13.6 Å². The van der Waals surface area contributed by atoms with E-state index in [1.54, 1.807) is 6.92 Å². The fourth-order valence-electron chi connectivity index (χ4n) is 1.49. The van der Waals surface area contributed by atoms with E-state index in [2.05, 4.69) is 11.9 Å². The predicted molar refractivity (Wildman–Crippen MR) is 69.8 cm³/mol. The van der Waals surface area contributed by atoms with E-state index >= 15 is 0 Å². The molecule has 2 amide bonds. The minimum Gasteiger partial charge on any atom is -0.478 e. The lowest BCUT2D eigenvalue weighted by molar-refractivity contribution is 0.0698. The summed E-state index contributed by atoms with van der Waals surface area (Å²) in [4.78, 5) is 24.1.